The maximum absolute atomic E-state index is 13.3. The lowest BCUT2D eigenvalue weighted by atomic mass is 10.1. The Bertz CT molecular complexity index is 1550. The van der Waals surface area contributed by atoms with E-state index in [1.54, 1.807) is 22.8 Å². The van der Waals surface area contributed by atoms with E-state index in [1.807, 2.05) is 0 Å². The van der Waals surface area contributed by atoms with Gasteiger partial charge >= 0.3 is 10.1 Å². The highest BCUT2D eigenvalue weighted by Gasteiger charge is 2.24. The van der Waals surface area contributed by atoms with E-state index in [-0.39, 0.29) is 39.0 Å². The van der Waals surface area contributed by atoms with Gasteiger partial charge in [-0.25, -0.2) is 4.39 Å². The van der Waals surface area contributed by atoms with Crippen molar-refractivity contribution in [1.82, 2.24) is 9.55 Å². The molecule has 0 aliphatic carbocycles. The largest absolute Gasteiger partial charge is 0.383 e. The first-order valence-corrected chi connectivity index (χ1v) is 12.5. The average Bonchev–Trinajstić information content (AvgIpc) is 3.13. The summed E-state index contributed by atoms with van der Waals surface area (Å²) < 4.78 is 43.1. The van der Waals surface area contributed by atoms with Gasteiger partial charge in [-0.05, 0) is 35.9 Å². The molecule has 0 fully saturated rings. The number of hydrogen-bond acceptors (Lipinski definition) is 6. The fraction of sp³-hybridized carbons (Fsp3) is 0.0870. The van der Waals surface area contributed by atoms with E-state index in [0.717, 1.165) is 11.8 Å². The van der Waals surface area contributed by atoms with Crippen molar-refractivity contribution < 1.29 is 26.6 Å². The van der Waals surface area contributed by atoms with Crippen LogP contribution in [0.2, 0.25) is 10.0 Å². The smallest absolute Gasteiger partial charge is 0.306 e. The minimum atomic E-state index is -3.83. The van der Waals surface area contributed by atoms with E-state index in [9.17, 15) is 22.4 Å². The van der Waals surface area contributed by atoms with E-state index >= 15 is 0 Å². The molecule has 4 aromatic rings. The first-order chi connectivity index (χ1) is 16.5. The first-order valence-electron chi connectivity index (χ1n) is 9.93. The summed E-state index contributed by atoms with van der Waals surface area (Å²) in [4.78, 5) is 29.8. The van der Waals surface area contributed by atoms with Gasteiger partial charge in [0.05, 0.1) is 27.6 Å². The number of Topliss-reactive ketones (excluding diaryl/α,β-unsaturated/α-hetero) is 1. The molecule has 0 unspecified atom stereocenters. The van der Waals surface area contributed by atoms with Crippen LogP contribution in [0.25, 0.3) is 10.9 Å². The van der Waals surface area contributed by atoms with Gasteiger partial charge in [0.2, 0.25) is 0 Å². The van der Waals surface area contributed by atoms with Crippen molar-refractivity contribution in [3.8, 4) is 5.75 Å². The second-order valence-corrected chi connectivity index (χ2v) is 9.91. The number of rotatable bonds is 7. The molecule has 0 radical (unpaired) electrons. The van der Waals surface area contributed by atoms with Gasteiger partial charge in [0, 0.05) is 36.0 Å². The molecular formula is C23H16Cl2FN3O5S. The SMILES string of the molecule is CS(=O)(=O)Oc1ccc2c(c1)c(C(=O)C(=O)Nc1c(Cl)cncc1Cl)cn2Cc1ccc(F)cc1. The van der Waals surface area contributed by atoms with Gasteiger partial charge in [-0.1, -0.05) is 35.3 Å². The van der Waals surface area contributed by atoms with E-state index in [2.05, 4.69) is 10.3 Å². The summed E-state index contributed by atoms with van der Waals surface area (Å²) >= 11 is 12.1. The summed E-state index contributed by atoms with van der Waals surface area (Å²) in [7, 11) is -3.83. The van der Waals surface area contributed by atoms with Crippen LogP contribution in [0.1, 0.15) is 15.9 Å². The Kier molecular flexibility index (Phi) is 6.79. The molecule has 35 heavy (non-hydrogen) atoms. The van der Waals surface area contributed by atoms with Crippen molar-refractivity contribution in [2.45, 2.75) is 6.54 Å². The molecule has 0 aliphatic heterocycles. The fourth-order valence-corrected chi connectivity index (χ4v) is 4.34. The number of amides is 1. The molecule has 2 aromatic carbocycles. The zero-order valence-electron chi connectivity index (χ0n) is 18.0. The average molecular weight is 536 g/mol. The van der Waals surface area contributed by atoms with E-state index in [4.69, 9.17) is 27.4 Å². The van der Waals surface area contributed by atoms with Gasteiger partial charge < -0.3 is 14.1 Å². The van der Waals surface area contributed by atoms with Crippen LogP contribution in [0.5, 0.6) is 5.75 Å². The number of aromatic nitrogens is 2. The monoisotopic (exact) mass is 535 g/mol. The van der Waals surface area contributed by atoms with Crippen LogP contribution in [0.3, 0.4) is 0 Å². The Morgan fingerprint density at radius 1 is 1.09 bits per heavy atom. The number of carbonyl (C=O) groups excluding carboxylic acids is 2. The van der Waals surface area contributed by atoms with Gasteiger partial charge in [-0.2, -0.15) is 8.42 Å². The molecule has 0 saturated carbocycles. The number of carbonyl (C=O) groups is 2. The lowest BCUT2D eigenvalue weighted by Crippen LogP contribution is -2.23. The molecule has 2 aromatic heterocycles. The van der Waals surface area contributed by atoms with Gasteiger partial charge in [0.25, 0.3) is 11.7 Å². The van der Waals surface area contributed by atoms with Gasteiger partial charge in [-0.15, -0.1) is 0 Å². The number of benzene rings is 2. The maximum Gasteiger partial charge on any atom is 0.306 e. The topological polar surface area (TPSA) is 107 Å². The molecule has 1 amide bonds. The quantitative estimate of drug-likeness (QED) is 0.209. The molecule has 2 heterocycles. The minimum Gasteiger partial charge on any atom is -0.383 e. The Morgan fingerprint density at radius 3 is 2.37 bits per heavy atom. The highest BCUT2D eigenvalue weighted by Crippen LogP contribution is 2.31. The Hall–Kier alpha value is -3.47. The Morgan fingerprint density at radius 2 is 1.74 bits per heavy atom. The van der Waals surface area contributed by atoms with Crippen molar-refractivity contribution in [3.05, 3.63) is 88.0 Å². The van der Waals surface area contributed by atoms with E-state index in [1.165, 1.54) is 42.9 Å². The molecule has 0 saturated heterocycles. The van der Waals surface area contributed by atoms with Gasteiger partial charge in [0.15, 0.2) is 0 Å². The molecule has 0 bridgehead atoms. The highest BCUT2D eigenvalue weighted by molar-refractivity contribution is 7.86. The summed E-state index contributed by atoms with van der Waals surface area (Å²) in [6.45, 7) is 0.250. The van der Waals surface area contributed by atoms with Crippen molar-refractivity contribution >= 4 is 61.6 Å². The van der Waals surface area contributed by atoms with Crippen molar-refractivity contribution in [2.24, 2.45) is 0 Å². The lowest BCUT2D eigenvalue weighted by Gasteiger charge is -2.08. The zero-order chi connectivity index (χ0) is 25.3. The summed E-state index contributed by atoms with van der Waals surface area (Å²) in [5, 5.41) is 2.75. The molecule has 8 nitrogen and oxygen atoms in total. The molecule has 12 heteroatoms. The molecule has 180 valence electrons. The van der Waals surface area contributed by atoms with Crippen LogP contribution in [0, 0.1) is 5.82 Å². The van der Waals surface area contributed by atoms with Crippen LogP contribution in [0.15, 0.2) is 61.1 Å². The van der Waals surface area contributed by atoms with Crippen LogP contribution in [-0.4, -0.2) is 35.9 Å². The first kappa shape index (κ1) is 24.6. The van der Waals surface area contributed by atoms with Gasteiger partial charge in [0.1, 0.15) is 11.6 Å². The Balaban J connectivity index is 1.76. The van der Waals surface area contributed by atoms with Crippen molar-refractivity contribution in [2.75, 3.05) is 11.6 Å². The molecular weight excluding hydrogens is 520 g/mol. The summed E-state index contributed by atoms with van der Waals surface area (Å²) in [6.07, 6.45) is 4.86. The summed E-state index contributed by atoms with van der Waals surface area (Å²) in [5.74, 6) is -2.37. The number of nitrogens with zero attached hydrogens (tertiary/aromatic N) is 2. The zero-order valence-corrected chi connectivity index (χ0v) is 20.3. The van der Waals surface area contributed by atoms with E-state index in [0.29, 0.717) is 5.52 Å². The van der Waals surface area contributed by atoms with Crippen LogP contribution < -0.4 is 9.50 Å². The number of nitrogens with one attached hydrogen (secondary N) is 1. The second kappa shape index (κ2) is 9.65. The third-order valence-electron chi connectivity index (χ3n) is 4.91. The predicted molar refractivity (Wildman–Crippen MR) is 130 cm³/mol. The Labute approximate surface area is 209 Å². The molecule has 0 aliphatic rings. The third-order valence-corrected chi connectivity index (χ3v) is 5.98. The number of pyridine rings is 1. The maximum atomic E-state index is 13.3. The molecule has 4 rings (SSSR count). The van der Waals surface area contributed by atoms with E-state index < -0.39 is 27.6 Å². The number of halogens is 3. The third kappa shape index (κ3) is 5.61. The fourth-order valence-electron chi connectivity index (χ4n) is 3.42. The van der Waals surface area contributed by atoms with Gasteiger partial charge in [-0.3, -0.25) is 14.6 Å². The van der Waals surface area contributed by atoms with Crippen LogP contribution in [0.4, 0.5) is 10.1 Å². The number of anilines is 1. The molecule has 0 atom stereocenters. The van der Waals surface area contributed by atoms with Crippen LogP contribution >= 0.6 is 23.2 Å². The molecule has 0 spiro atoms. The standard InChI is InChI=1S/C23H16Cl2FN3O5S/c1-35(32,33)34-15-6-7-20-16(8-15)17(12-29(20)11-13-2-4-14(26)5-3-13)22(30)23(31)28-21-18(24)9-27-10-19(21)25/h2-10,12H,11H2,1H3,(H,27,28,31). The summed E-state index contributed by atoms with van der Waals surface area (Å²) in [5.41, 5.74) is 1.27. The predicted octanol–water partition coefficient (Wildman–Crippen LogP) is 4.69. The van der Waals surface area contributed by atoms with Crippen molar-refractivity contribution in [3.63, 3.8) is 0 Å². The second-order valence-electron chi connectivity index (χ2n) is 7.52. The number of ketones is 1. The minimum absolute atomic E-state index is 0.0140. The lowest BCUT2D eigenvalue weighted by molar-refractivity contribution is -0.112. The highest BCUT2D eigenvalue weighted by atomic mass is 35.5. The number of hydrogen-bond donors (Lipinski definition) is 1. The van der Waals surface area contributed by atoms with Crippen molar-refractivity contribution in [1.29, 1.82) is 0 Å². The number of fused-ring (bicyclic) bond motifs is 1. The normalized spacial score (nSPS) is 11.4. The summed E-state index contributed by atoms with van der Waals surface area (Å²) in [6, 6.07) is 10.1. The molecule has 1 N–H and O–H groups in total. The van der Waals surface area contributed by atoms with Crippen LogP contribution in [-0.2, 0) is 21.5 Å².